The molecule has 0 aliphatic heterocycles. The maximum Gasteiger partial charge on any atom is 0.320 e. The molecule has 0 bridgehead atoms. The van der Waals surface area contributed by atoms with Gasteiger partial charge < -0.3 is 9.63 Å². The third kappa shape index (κ3) is 3.17. The van der Waals surface area contributed by atoms with Gasteiger partial charge in [0.15, 0.2) is 0 Å². The number of hydrogen-bond acceptors (Lipinski definition) is 5. The molecule has 100 valence electrons. The molecular formula is C13H15N3O3. The van der Waals surface area contributed by atoms with Gasteiger partial charge in [-0.1, -0.05) is 35.5 Å². The highest BCUT2D eigenvalue weighted by molar-refractivity contribution is 5.72. The molecule has 6 heteroatoms. The van der Waals surface area contributed by atoms with Crippen molar-refractivity contribution in [3.63, 3.8) is 0 Å². The lowest BCUT2D eigenvalue weighted by atomic mass is 10.2. The van der Waals surface area contributed by atoms with Gasteiger partial charge in [-0.25, -0.2) is 0 Å². The summed E-state index contributed by atoms with van der Waals surface area (Å²) in [4.78, 5) is 16.7. The first kappa shape index (κ1) is 13.2. The van der Waals surface area contributed by atoms with E-state index in [1.165, 1.54) is 0 Å². The van der Waals surface area contributed by atoms with E-state index in [4.69, 9.17) is 9.63 Å². The van der Waals surface area contributed by atoms with Gasteiger partial charge in [0.05, 0.1) is 6.54 Å². The summed E-state index contributed by atoms with van der Waals surface area (Å²) < 4.78 is 5.12. The zero-order chi connectivity index (χ0) is 13.8. The van der Waals surface area contributed by atoms with E-state index >= 15 is 0 Å². The Morgan fingerprint density at radius 1 is 1.42 bits per heavy atom. The molecule has 0 saturated carbocycles. The lowest BCUT2D eigenvalue weighted by Gasteiger charge is -2.18. The molecule has 0 amide bonds. The second-order valence-corrected chi connectivity index (χ2v) is 4.31. The van der Waals surface area contributed by atoms with Gasteiger partial charge >= 0.3 is 5.97 Å². The molecule has 1 atom stereocenters. The van der Waals surface area contributed by atoms with Gasteiger partial charge in [-0.05, 0) is 14.0 Å². The standard InChI is InChI=1S/C13H15N3O3/c1-9(13(17)18)16(2)8-11-14-12(15-19-11)10-6-4-3-5-7-10/h3-7,9H,8H2,1-2H3,(H,17,18). The van der Waals surface area contributed by atoms with Crippen LogP contribution in [0, 0.1) is 0 Å². The normalized spacial score (nSPS) is 12.6. The van der Waals surface area contributed by atoms with E-state index in [1.54, 1.807) is 18.9 Å². The Balaban J connectivity index is 2.08. The SMILES string of the molecule is CC(C(=O)O)N(C)Cc1nc(-c2ccccc2)no1. The zero-order valence-corrected chi connectivity index (χ0v) is 10.8. The van der Waals surface area contributed by atoms with Crippen LogP contribution >= 0.6 is 0 Å². The van der Waals surface area contributed by atoms with E-state index in [0.717, 1.165) is 5.56 Å². The molecule has 1 N–H and O–H groups in total. The fourth-order valence-corrected chi connectivity index (χ4v) is 1.56. The van der Waals surface area contributed by atoms with Crippen LogP contribution in [0.15, 0.2) is 34.9 Å². The van der Waals surface area contributed by atoms with E-state index < -0.39 is 12.0 Å². The van der Waals surface area contributed by atoms with Crippen molar-refractivity contribution in [1.29, 1.82) is 0 Å². The molecule has 0 fully saturated rings. The largest absolute Gasteiger partial charge is 0.480 e. The molecule has 0 saturated heterocycles. The minimum Gasteiger partial charge on any atom is -0.480 e. The summed E-state index contributed by atoms with van der Waals surface area (Å²) in [6.45, 7) is 1.91. The minimum atomic E-state index is -0.884. The molecule has 0 aliphatic rings. The van der Waals surface area contributed by atoms with Crippen LogP contribution in [0.25, 0.3) is 11.4 Å². The minimum absolute atomic E-state index is 0.299. The Kier molecular flexibility index (Phi) is 3.91. The summed E-state index contributed by atoms with van der Waals surface area (Å²) >= 11 is 0. The number of rotatable bonds is 5. The quantitative estimate of drug-likeness (QED) is 0.881. The Morgan fingerprint density at radius 3 is 2.74 bits per heavy atom. The first-order valence-electron chi connectivity index (χ1n) is 5.89. The van der Waals surface area contributed by atoms with Crippen molar-refractivity contribution in [3.8, 4) is 11.4 Å². The van der Waals surface area contributed by atoms with E-state index in [2.05, 4.69) is 10.1 Å². The molecule has 2 rings (SSSR count). The zero-order valence-electron chi connectivity index (χ0n) is 10.8. The van der Waals surface area contributed by atoms with Gasteiger partial charge in [-0.15, -0.1) is 0 Å². The Bertz CT molecular complexity index is 553. The number of carbonyl (C=O) groups is 1. The second kappa shape index (κ2) is 5.62. The van der Waals surface area contributed by atoms with Crippen molar-refractivity contribution in [3.05, 3.63) is 36.2 Å². The van der Waals surface area contributed by atoms with Gasteiger partial charge in [0.2, 0.25) is 11.7 Å². The highest BCUT2D eigenvalue weighted by Gasteiger charge is 2.19. The summed E-state index contributed by atoms with van der Waals surface area (Å²) in [5, 5.41) is 12.8. The van der Waals surface area contributed by atoms with Crippen LogP contribution in [-0.4, -0.2) is 39.2 Å². The maximum atomic E-state index is 10.8. The van der Waals surface area contributed by atoms with Gasteiger partial charge in [-0.3, -0.25) is 9.69 Å². The number of aliphatic carboxylic acids is 1. The van der Waals surface area contributed by atoms with Crippen LogP contribution in [0.1, 0.15) is 12.8 Å². The Labute approximate surface area is 110 Å². The van der Waals surface area contributed by atoms with E-state index in [-0.39, 0.29) is 0 Å². The van der Waals surface area contributed by atoms with Crippen molar-refractivity contribution >= 4 is 5.97 Å². The smallest absolute Gasteiger partial charge is 0.320 e. The number of nitrogens with zero attached hydrogens (tertiary/aromatic N) is 3. The molecule has 6 nitrogen and oxygen atoms in total. The number of carboxylic acid groups (broad SMARTS) is 1. The first-order chi connectivity index (χ1) is 9.08. The Morgan fingerprint density at radius 2 is 2.11 bits per heavy atom. The summed E-state index contributed by atoms with van der Waals surface area (Å²) in [6.07, 6.45) is 0. The van der Waals surface area contributed by atoms with Crippen LogP contribution in [0.5, 0.6) is 0 Å². The molecule has 0 spiro atoms. The molecular weight excluding hydrogens is 246 g/mol. The highest BCUT2D eigenvalue weighted by atomic mass is 16.5. The maximum absolute atomic E-state index is 10.8. The average molecular weight is 261 g/mol. The van der Waals surface area contributed by atoms with Gasteiger partial charge in [0.1, 0.15) is 6.04 Å². The Hall–Kier alpha value is -2.21. The average Bonchev–Trinajstić information content (AvgIpc) is 2.87. The van der Waals surface area contributed by atoms with Crippen molar-refractivity contribution in [1.82, 2.24) is 15.0 Å². The lowest BCUT2D eigenvalue weighted by molar-refractivity contribution is -0.142. The fourth-order valence-electron chi connectivity index (χ4n) is 1.56. The summed E-state index contributed by atoms with van der Waals surface area (Å²) in [6, 6.07) is 8.86. The van der Waals surface area contributed by atoms with E-state index in [1.807, 2.05) is 30.3 Å². The van der Waals surface area contributed by atoms with Crippen LogP contribution in [-0.2, 0) is 11.3 Å². The van der Waals surface area contributed by atoms with Crippen LogP contribution in [0.3, 0.4) is 0 Å². The topological polar surface area (TPSA) is 79.5 Å². The molecule has 1 aromatic carbocycles. The highest BCUT2D eigenvalue weighted by Crippen LogP contribution is 2.15. The predicted molar refractivity (Wildman–Crippen MR) is 68.3 cm³/mol. The molecule has 1 aromatic heterocycles. The van der Waals surface area contributed by atoms with Gasteiger partial charge in [0.25, 0.3) is 0 Å². The molecule has 19 heavy (non-hydrogen) atoms. The second-order valence-electron chi connectivity index (χ2n) is 4.31. The van der Waals surface area contributed by atoms with Crippen molar-refractivity contribution in [2.75, 3.05) is 7.05 Å². The van der Waals surface area contributed by atoms with Crippen LogP contribution in [0.4, 0.5) is 0 Å². The number of likely N-dealkylation sites (N-methyl/N-ethyl adjacent to an activating group) is 1. The fraction of sp³-hybridized carbons (Fsp3) is 0.308. The van der Waals surface area contributed by atoms with Crippen molar-refractivity contribution in [2.45, 2.75) is 19.5 Å². The predicted octanol–water partition coefficient (Wildman–Crippen LogP) is 1.64. The molecule has 2 aromatic rings. The van der Waals surface area contributed by atoms with Gasteiger partial charge in [-0.2, -0.15) is 4.98 Å². The lowest BCUT2D eigenvalue weighted by Crippen LogP contribution is -2.35. The number of aromatic nitrogens is 2. The number of carboxylic acids is 1. The summed E-state index contributed by atoms with van der Waals surface area (Å²) in [5.41, 5.74) is 0.867. The van der Waals surface area contributed by atoms with Crippen molar-refractivity contribution < 1.29 is 14.4 Å². The molecule has 0 aliphatic carbocycles. The van der Waals surface area contributed by atoms with Crippen molar-refractivity contribution in [2.24, 2.45) is 0 Å². The number of benzene rings is 1. The molecule has 0 radical (unpaired) electrons. The van der Waals surface area contributed by atoms with Gasteiger partial charge in [0, 0.05) is 5.56 Å². The number of hydrogen-bond donors (Lipinski definition) is 1. The first-order valence-corrected chi connectivity index (χ1v) is 5.89. The molecule has 1 unspecified atom stereocenters. The van der Waals surface area contributed by atoms with E-state index in [0.29, 0.717) is 18.3 Å². The van der Waals surface area contributed by atoms with Crippen LogP contribution in [0.2, 0.25) is 0 Å². The van der Waals surface area contributed by atoms with Crippen LogP contribution < -0.4 is 0 Å². The third-order valence-electron chi connectivity index (χ3n) is 2.90. The monoisotopic (exact) mass is 261 g/mol. The summed E-state index contributed by atoms with van der Waals surface area (Å²) in [5.74, 6) is 0.0201. The molecule has 1 heterocycles. The third-order valence-corrected chi connectivity index (χ3v) is 2.90. The summed E-state index contributed by atoms with van der Waals surface area (Å²) in [7, 11) is 1.70. The van der Waals surface area contributed by atoms with E-state index in [9.17, 15) is 4.79 Å².